The molecule has 0 fully saturated rings. The van der Waals surface area contributed by atoms with Crippen LogP contribution in [0.2, 0.25) is 5.02 Å². The molecule has 0 bridgehead atoms. The second-order valence-electron chi connectivity index (χ2n) is 5.39. The standard InChI is InChI=1S/C17H17ClN4O2S/c1-10(12-5-3-4-6-14(12)24-2)20-15(23)9-25-17-21-13-7-11(18)8-19-16(13)22-17/h3-8,10H,9H2,1-2H3,(H,20,23)(H,19,21,22)/t10-/m0/s1. The molecule has 1 aromatic carbocycles. The normalized spacial score (nSPS) is 12.1. The minimum absolute atomic E-state index is 0.0881. The minimum Gasteiger partial charge on any atom is -0.496 e. The van der Waals surface area contributed by atoms with Crippen molar-refractivity contribution in [2.45, 2.75) is 18.1 Å². The summed E-state index contributed by atoms with van der Waals surface area (Å²) >= 11 is 7.22. The number of nitrogens with one attached hydrogen (secondary N) is 2. The van der Waals surface area contributed by atoms with Gasteiger partial charge in [0.2, 0.25) is 5.91 Å². The highest BCUT2D eigenvalue weighted by atomic mass is 35.5. The van der Waals surface area contributed by atoms with Gasteiger partial charge in [0.25, 0.3) is 0 Å². The van der Waals surface area contributed by atoms with Crippen molar-refractivity contribution in [3.63, 3.8) is 0 Å². The first kappa shape index (κ1) is 17.6. The van der Waals surface area contributed by atoms with Crippen LogP contribution in [-0.4, -0.2) is 33.7 Å². The summed E-state index contributed by atoms with van der Waals surface area (Å²) in [5.74, 6) is 0.908. The van der Waals surface area contributed by atoms with Crippen LogP contribution in [0, 0.1) is 0 Å². The number of amides is 1. The van der Waals surface area contributed by atoms with E-state index >= 15 is 0 Å². The number of pyridine rings is 1. The first-order valence-electron chi connectivity index (χ1n) is 7.63. The summed E-state index contributed by atoms with van der Waals surface area (Å²) < 4.78 is 5.33. The monoisotopic (exact) mass is 376 g/mol. The summed E-state index contributed by atoms with van der Waals surface area (Å²) in [5.41, 5.74) is 2.26. The Kier molecular flexibility index (Phi) is 5.45. The number of methoxy groups -OCH3 is 1. The summed E-state index contributed by atoms with van der Waals surface area (Å²) in [5, 5.41) is 4.13. The Labute approximate surface area is 154 Å². The fraction of sp³-hybridized carbons (Fsp3) is 0.235. The maximum Gasteiger partial charge on any atom is 0.230 e. The average molecular weight is 377 g/mol. The van der Waals surface area contributed by atoms with Gasteiger partial charge in [-0.2, -0.15) is 0 Å². The van der Waals surface area contributed by atoms with E-state index in [1.54, 1.807) is 19.4 Å². The molecule has 2 heterocycles. The number of thioether (sulfide) groups is 1. The van der Waals surface area contributed by atoms with E-state index in [2.05, 4.69) is 20.3 Å². The Bertz CT molecular complexity index is 899. The van der Waals surface area contributed by atoms with Crippen molar-refractivity contribution in [2.75, 3.05) is 12.9 Å². The Balaban J connectivity index is 1.60. The van der Waals surface area contributed by atoms with Gasteiger partial charge in [0.1, 0.15) is 5.75 Å². The molecule has 1 atom stereocenters. The molecule has 0 aliphatic heterocycles. The number of nitrogens with zero attached hydrogens (tertiary/aromatic N) is 2. The van der Waals surface area contributed by atoms with Crippen LogP contribution >= 0.6 is 23.4 Å². The molecule has 0 aliphatic carbocycles. The number of hydrogen-bond donors (Lipinski definition) is 2. The van der Waals surface area contributed by atoms with Gasteiger partial charge in [0.15, 0.2) is 10.8 Å². The molecule has 0 spiro atoms. The number of para-hydroxylation sites is 1. The van der Waals surface area contributed by atoms with Crippen molar-refractivity contribution < 1.29 is 9.53 Å². The smallest absolute Gasteiger partial charge is 0.230 e. The molecule has 6 nitrogen and oxygen atoms in total. The van der Waals surface area contributed by atoms with Gasteiger partial charge in [-0.05, 0) is 19.1 Å². The topological polar surface area (TPSA) is 79.9 Å². The third kappa shape index (κ3) is 4.24. The Hall–Kier alpha value is -2.25. The lowest BCUT2D eigenvalue weighted by atomic mass is 10.1. The van der Waals surface area contributed by atoms with Crippen molar-refractivity contribution in [3.05, 3.63) is 47.1 Å². The first-order valence-corrected chi connectivity index (χ1v) is 8.99. The number of ether oxygens (including phenoxy) is 1. The molecule has 130 valence electrons. The fourth-order valence-corrected chi connectivity index (χ4v) is 3.28. The van der Waals surface area contributed by atoms with Crippen LogP contribution in [-0.2, 0) is 4.79 Å². The van der Waals surface area contributed by atoms with E-state index < -0.39 is 0 Å². The Morgan fingerprint density at radius 1 is 1.44 bits per heavy atom. The summed E-state index contributed by atoms with van der Waals surface area (Å²) in [7, 11) is 1.62. The van der Waals surface area contributed by atoms with Crippen molar-refractivity contribution in [2.24, 2.45) is 0 Å². The molecule has 0 aliphatic rings. The van der Waals surface area contributed by atoms with Gasteiger partial charge in [-0.3, -0.25) is 4.79 Å². The molecular formula is C17H17ClN4O2S. The second-order valence-corrected chi connectivity index (χ2v) is 6.79. The van der Waals surface area contributed by atoms with E-state index in [0.717, 1.165) is 16.8 Å². The number of aromatic amines is 1. The van der Waals surface area contributed by atoms with Crippen LogP contribution in [0.5, 0.6) is 5.75 Å². The molecule has 3 rings (SSSR count). The fourth-order valence-electron chi connectivity index (χ4n) is 2.44. The number of benzene rings is 1. The van der Waals surface area contributed by atoms with Crippen LogP contribution in [0.15, 0.2) is 41.7 Å². The molecule has 25 heavy (non-hydrogen) atoms. The number of fused-ring (bicyclic) bond motifs is 1. The van der Waals surface area contributed by atoms with Gasteiger partial charge >= 0.3 is 0 Å². The number of rotatable bonds is 6. The van der Waals surface area contributed by atoms with E-state index in [1.165, 1.54) is 11.8 Å². The largest absolute Gasteiger partial charge is 0.496 e. The SMILES string of the molecule is COc1ccccc1[C@H](C)NC(=O)CSc1nc2ncc(Cl)cc2[nH]1. The van der Waals surface area contributed by atoms with Crippen LogP contribution in [0.25, 0.3) is 11.2 Å². The van der Waals surface area contributed by atoms with Crippen LogP contribution in [0.1, 0.15) is 18.5 Å². The number of H-pyrrole nitrogens is 1. The van der Waals surface area contributed by atoms with Gasteiger partial charge in [-0.15, -0.1) is 0 Å². The maximum atomic E-state index is 12.2. The van der Waals surface area contributed by atoms with E-state index in [4.69, 9.17) is 16.3 Å². The van der Waals surface area contributed by atoms with Gasteiger partial charge in [0, 0.05) is 11.8 Å². The minimum atomic E-state index is -0.152. The highest BCUT2D eigenvalue weighted by Gasteiger charge is 2.14. The zero-order valence-electron chi connectivity index (χ0n) is 13.7. The predicted molar refractivity (Wildman–Crippen MR) is 99.2 cm³/mol. The summed E-state index contributed by atoms with van der Waals surface area (Å²) in [6.07, 6.45) is 1.54. The summed E-state index contributed by atoms with van der Waals surface area (Å²) in [6.45, 7) is 1.92. The van der Waals surface area contributed by atoms with Crippen molar-refractivity contribution in [1.29, 1.82) is 0 Å². The van der Waals surface area contributed by atoms with Crippen molar-refractivity contribution >= 4 is 40.4 Å². The zero-order valence-corrected chi connectivity index (χ0v) is 15.3. The van der Waals surface area contributed by atoms with Gasteiger partial charge in [0.05, 0.1) is 29.4 Å². The van der Waals surface area contributed by atoms with Gasteiger partial charge in [-0.1, -0.05) is 41.6 Å². The van der Waals surface area contributed by atoms with Crippen LogP contribution in [0.4, 0.5) is 0 Å². The average Bonchev–Trinajstić information content (AvgIpc) is 3.01. The third-order valence-electron chi connectivity index (χ3n) is 3.61. The highest BCUT2D eigenvalue weighted by molar-refractivity contribution is 7.99. The Morgan fingerprint density at radius 3 is 3.04 bits per heavy atom. The second kappa shape index (κ2) is 7.76. The summed E-state index contributed by atoms with van der Waals surface area (Å²) in [6, 6.07) is 9.23. The molecule has 1 amide bonds. The Morgan fingerprint density at radius 2 is 2.24 bits per heavy atom. The first-order chi connectivity index (χ1) is 12.1. The number of halogens is 1. The van der Waals surface area contributed by atoms with E-state index in [9.17, 15) is 4.79 Å². The zero-order chi connectivity index (χ0) is 17.8. The molecule has 0 unspecified atom stereocenters. The number of carbonyl (C=O) groups is 1. The molecule has 0 radical (unpaired) electrons. The lowest BCUT2D eigenvalue weighted by Crippen LogP contribution is -2.28. The van der Waals surface area contributed by atoms with Crippen LogP contribution in [0.3, 0.4) is 0 Å². The molecule has 0 saturated carbocycles. The number of carbonyl (C=O) groups excluding carboxylic acids is 1. The molecule has 0 saturated heterocycles. The molecular weight excluding hydrogens is 360 g/mol. The van der Waals surface area contributed by atoms with E-state index in [1.807, 2.05) is 31.2 Å². The number of imidazole rings is 1. The quantitative estimate of drug-likeness (QED) is 0.642. The van der Waals surface area contributed by atoms with E-state index in [-0.39, 0.29) is 17.7 Å². The third-order valence-corrected chi connectivity index (χ3v) is 4.69. The molecule has 2 N–H and O–H groups in total. The highest BCUT2D eigenvalue weighted by Crippen LogP contribution is 2.25. The van der Waals surface area contributed by atoms with Crippen molar-refractivity contribution in [1.82, 2.24) is 20.3 Å². The lowest BCUT2D eigenvalue weighted by Gasteiger charge is -2.16. The molecule has 2 aromatic heterocycles. The summed E-state index contributed by atoms with van der Waals surface area (Å²) in [4.78, 5) is 23.8. The van der Waals surface area contributed by atoms with Gasteiger partial charge < -0.3 is 15.0 Å². The van der Waals surface area contributed by atoms with Crippen molar-refractivity contribution in [3.8, 4) is 5.75 Å². The van der Waals surface area contributed by atoms with E-state index in [0.29, 0.717) is 15.8 Å². The molecule has 8 heteroatoms. The molecule has 3 aromatic rings. The van der Waals surface area contributed by atoms with Crippen LogP contribution < -0.4 is 10.1 Å². The number of aromatic nitrogens is 3. The predicted octanol–water partition coefficient (Wildman–Crippen LogP) is 3.59. The van der Waals surface area contributed by atoms with Gasteiger partial charge in [-0.25, -0.2) is 9.97 Å². The number of hydrogen-bond acceptors (Lipinski definition) is 5. The lowest BCUT2D eigenvalue weighted by molar-refractivity contribution is -0.119. The maximum absolute atomic E-state index is 12.2.